The molecule has 3 aromatic rings. The predicted octanol–water partition coefficient (Wildman–Crippen LogP) is 5.10. The second kappa shape index (κ2) is 8.39. The Bertz CT molecular complexity index is 1080. The number of carbonyl (C=O) groups is 1. The zero-order chi connectivity index (χ0) is 22.1. The molecule has 0 spiro atoms. The van der Waals surface area contributed by atoms with Gasteiger partial charge < -0.3 is 9.30 Å². The van der Waals surface area contributed by atoms with E-state index in [-0.39, 0.29) is 5.15 Å². The van der Waals surface area contributed by atoms with E-state index in [0.717, 1.165) is 0 Å². The summed E-state index contributed by atoms with van der Waals surface area (Å²) in [4.78, 5) is 18.5. The molecule has 0 aliphatic heterocycles. The van der Waals surface area contributed by atoms with Crippen molar-refractivity contribution < 1.29 is 13.9 Å². The number of nitrogens with zero attached hydrogens (tertiary/aromatic N) is 5. The van der Waals surface area contributed by atoms with Gasteiger partial charge in [0.05, 0.1) is 11.9 Å². The molecule has 0 aliphatic carbocycles. The van der Waals surface area contributed by atoms with Gasteiger partial charge in [-0.2, -0.15) is 0 Å². The normalized spacial score (nSPS) is 11.4. The van der Waals surface area contributed by atoms with E-state index in [1.165, 1.54) is 29.6 Å². The highest BCUT2D eigenvalue weighted by Gasteiger charge is 2.26. The minimum absolute atomic E-state index is 0.238. The molecule has 0 unspecified atom stereocenters. The van der Waals surface area contributed by atoms with E-state index >= 15 is 0 Å². The number of aromatic nitrogens is 4. The lowest BCUT2D eigenvalue weighted by Gasteiger charge is -2.28. The van der Waals surface area contributed by atoms with Crippen molar-refractivity contribution in [3.8, 4) is 22.5 Å². The SMILES string of the molecule is CCN(C(=O)OC(C)(C)C)c1cnc(Cl)cc1-c1ccc(F)cc1-c1nncn1C. The standard InChI is InChI=1S/C21H23ClFN5O2/c1-6-28(20(29)30-21(2,3)4)17-11-24-18(22)10-15(17)14-8-7-13(23)9-16(14)19-26-25-12-27(19)5/h7-12H,6H2,1-5H3. The molecule has 0 aliphatic rings. The van der Waals surface area contributed by atoms with Gasteiger partial charge in [-0.3, -0.25) is 4.90 Å². The van der Waals surface area contributed by atoms with Gasteiger partial charge in [-0.05, 0) is 51.5 Å². The number of carbonyl (C=O) groups excluding carboxylic acids is 1. The molecule has 0 fully saturated rings. The number of ether oxygens (including phenoxy) is 1. The summed E-state index contributed by atoms with van der Waals surface area (Å²) in [5.74, 6) is 0.0571. The number of anilines is 1. The van der Waals surface area contributed by atoms with Crippen molar-refractivity contribution in [3.05, 3.63) is 47.8 Å². The first kappa shape index (κ1) is 21.7. The number of aryl methyl sites for hydroxylation is 1. The second-order valence-corrected chi connectivity index (χ2v) is 8.09. The molecule has 0 saturated carbocycles. The summed E-state index contributed by atoms with van der Waals surface area (Å²) in [5.41, 5.74) is 1.57. The van der Waals surface area contributed by atoms with Crippen LogP contribution in [0.4, 0.5) is 14.9 Å². The van der Waals surface area contributed by atoms with E-state index in [9.17, 15) is 9.18 Å². The zero-order valence-corrected chi connectivity index (χ0v) is 18.2. The first-order valence-corrected chi connectivity index (χ1v) is 9.79. The van der Waals surface area contributed by atoms with Gasteiger partial charge in [0, 0.05) is 24.7 Å². The summed E-state index contributed by atoms with van der Waals surface area (Å²) in [6, 6.07) is 5.98. The minimum atomic E-state index is -0.663. The maximum absolute atomic E-state index is 14.1. The third kappa shape index (κ3) is 4.59. The van der Waals surface area contributed by atoms with Crippen molar-refractivity contribution in [1.82, 2.24) is 19.7 Å². The van der Waals surface area contributed by atoms with Crippen LogP contribution in [-0.2, 0) is 11.8 Å². The van der Waals surface area contributed by atoms with Crippen molar-refractivity contribution in [1.29, 1.82) is 0 Å². The fourth-order valence-electron chi connectivity index (χ4n) is 3.03. The number of hydrogen-bond acceptors (Lipinski definition) is 5. The molecule has 158 valence electrons. The Labute approximate surface area is 179 Å². The average Bonchev–Trinajstić information content (AvgIpc) is 3.08. The van der Waals surface area contributed by atoms with E-state index in [1.807, 2.05) is 6.92 Å². The molecule has 1 amide bonds. The van der Waals surface area contributed by atoms with Crippen LogP contribution >= 0.6 is 11.6 Å². The van der Waals surface area contributed by atoms with Crippen LogP contribution in [-0.4, -0.2) is 38.0 Å². The molecule has 0 saturated heterocycles. The summed E-state index contributed by atoms with van der Waals surface area (Å²) >= 11 is 6.19. The minimum Gasteiger partial charge on any atom is -0.443 e. The Hall–Kier alpha value is -3.00. The Morgan fingerprint density at radius 2 is 1.97 bits per heavy atom. The highest BCUT2D eigenvalue weighted by Crippen LogP contribution is 2.38. The summed E-state index contributed by atoms with van der Waals surface area (Å²) in [5, 5.41) is 8.23. The van der Waals surface area contributed by atoms with Crippen LogP contribution in [0.3, 0.4) is 0 Å². The summed E-state index contributed by atoms with van der Waals surface area (Å²) in [6.07, 6.45) is 2.52. The van der Waals surface area contributed by atoms with E-state index in [1.54, 1.807) is 44.5 Å². The number of rotatable bonds is 4. The van der Waals surface area contributed by atoms with E-state index in [2.05, 4.69) is 15.2 Å². The van der Waals surface area contributed by atoms with Crippen molar-refractivity contribution >= 4 is 23.4 Å². The smallest absolute Gasteiger partial charge is 0.414 e. The number of hydrogen-bond donors (Lipinski definition) is 0. The number of amides is 1. The number of pyridine rings is 1. The molecule has 2 aromatic heterocycles. The fraction of sp³-hybridized carbons (Fsp3) is 0.333. The molecule has 7 nitrogen and oxygen atoms in total. The first-order chi connectivity index (χ1) is 14.1. The third-order valence-electron chi connectivity index (χ3n) is 4.29. The van der Waals surface area contributed by atoms with Gasteiger partial charge in [0.1, 0.15) is 22.9 Å². The Morgan fingerprint density at radius 3 is 2.57 bits per heavy atom. The lowest BCUT2D eigenvalue weighted by atomic mass is 9.98. The topological polar surface area (TPSA) is 73.1 Å². The van der Waals surface area contributed by atoms with E-state index in [4.69, 9.17) is 16.3 Å². The molecule has 30 heavy (non-hydrogen) atoms. The third-order valence-corrected chi connectivity index (χ3v) is 4.50. The van der Waals surface area contributed by atoms with Crippen molar-refractivity contribution in [2.24, 2.45) is 7.05 Å². The molecule has 2 heterocycles. The molecular weight excluding hydrogens is 409 g/mol. The number of halogens is 2. The maximum Gasteiger partial charge on any atom is 0.414 e. The van der Waals surface area contributed by atoms with Gasteiger partial charge in [0.15, 0.2) is 5.82 Å². The fourth-order valence-corrected chi connectivity index (χ4v) is 3.19. The van der Waals surface area contributed by atoms with Gasteiger partial charge in [-0.1, -0.05) is 17.7 Å². The van der Waals surface area contributed by atoms with Crippen LogP contribution in [0.15, 0.2) is 36.8 Å². The van der Waals surface area contributed by atoms with Crippen molar-refractivity contribution in [3.63, 3.8) is 0 Å². The largest absolute Gasteiger partial charge is 0.443 e. The number of benzene rings is 1. The van der Waals surface area contributed by atoms with Gasteiger partial charge in [-0.15, -0.1) is 10.2 Å². The molecule has 0 N–H and O–H groups in total. The molecule has 9 heteroatoms. The highest BCUT2D eigenvalue weighted by atomic mass is 35.5. The Balaban J connectivity index is 2.20. The average molecular weight is 432 g/mol. The predicted molar refractivity (Wildman–Crippen MR) is 114 cm³/mol. The molecule has 0 atom stereocenters. The van der Waals surface area contributed by atoms with E-state index < -0.39 is 17.5 Å². The summed E-state index contributed by atoms with van der Waals surface area (Å²) in [7, 11) is 1.77. The van der Waals surface area contributed by atoms with Crippen LogP contribution in [0, 0.1) is 5.82 Å². The first-order valence-electron chi connectivity index (χ1n) is 9.41. The van der Waals surface area contributed by atoms with Crippen LogP contribution in [0.1, 0.15) is 27.7 Å². The quantitative estimate of drug-likeness (QED) is 0.537. The highest BCUT2D eigenvalue weighted by molar-refractivity contribution is 6.29. The van der Waals surface area contributed by atoms with Crippen LogP contribution in [0.25, 0.3) is 22.5 Å². The molecular formula is C21H23ClFN5O2. The van der Waals surface area contributed by atoms with Gasteiger partial charge in [0.2, 0.25) is 0 Å². The summed E-state index contributed by atoms with van der Waals surface area (Å²) in [6.45, 7) is 7.56. The lowest BCUT2D eigenvalue weighted by Crippen LogP contribution is -2.37. The monoisotopic (exact) mass is 431 g/mol. The molecule has 0 bridgehead atoms. The molecule has 3 rings (SSSR count). The van der Waals surface area contributed by atoms with Gasteiger partial charge in [-0.25, -0.2) is 14.2 Å². The van der Waals surface area contributed by atoms with Crippen LogP contribution in [0.5, 0.6) is 0 Å². The second-order valence-electron chi connectivity index (χ2n) is 7.70. The lowest BCUT2D eigenvalue weighted by molar-refractivity contribution is 0.0582. The molecule has 1 aromatic carbocycles. The molecule has 0 radical (unpaired) electrons. The summed E-state index contributed by atoms with van der Waals surface area (Å²) < 4.78 is 21.4. The van der Waals surface area contributed by atoms with E-state index in [0.29, 0.717) is 34.7 Å². The Kier molecular flexibility index (Phi) is 6.07. The van der Waals surface area contributed by atoms with Gasteiger partial charge in [0.25, 0.3) is 0 Å². The Morgan fingerprint density at radius 1 is 1.23 bits per heavy atom. The van der Waals surface area contributed by atoms with Crippen molar-refractivity contribution in [2.45, 2.75) is 33.3 Å². The van der Waals surface area contributed by atoms with Crippen molar-refractivity contribution in [2.75, 3.05) is 11.4 Å². The maximum atomic E-state index is 14.1. The van der Waals surface area contributed by atoms with Crippen LogP contribution in [0.2, 0.25) is 5.15 Å². The van der Waals surface area contributed by atoms with Gasteiger partial charge >= 0.3 is 6.09 Å². The zero-order valence-electron chi connectivity index (χ0n) is 17.5. The van der Waals surface area contributed by atoms with Crippen LogP contribution < -0.4 is 4.90 Å².